The van der Waals surface area contributed by atoms with Crippen molar-refractivity contribution in [3.63, 3.8) is 0 Å². The minimum Gasteiger partial charge on any atom is -0.497 e. The van der Waals surface area contributed by atoms with E-state index in [1.807, 2.05) is 30.5 Å². The minimum absolute atomic E-state index is 0.186. The van der Waals surface area contributed by atoms with Crippen LogP contribution in [0.4, 0.5) is 16.3 Å². The molecule has 0 radical (unpaired) electrons. The number of carbonyl (C=O) groups is 1. The molecule has 1 aliphatic rings. The standard InChI is InChI=1S/C25H27N7O4/c1-34-18-6-4-17(5-7-18)20-15-26-24-27-16-28-32(24)23(20)30-10-12-31(13-11-30)25(33)29-21-9-8-19(35-2)14-22(21)36-3/h4-9,14-16H,10-13H2,1-3H3,(H,29,33). The minimum atomic E-state index is -0.186. The van der Waals surface area contributed by atoms with Gasteiger partial charge in [0.15, 0.2) is 0 Å². The van der Waals surface area contributed by atoms with Crippen LogP contribution in [0.15, 0.2) is 55.0 Å². The molecular formula is C25H27N7O4. The van der Waals surface area contributed by atoms with Crippen LogP contribution in [0.25, 0.3) is 16.9 Å². The summed E-state index contributed by atoms with van der Waals surface area (Å²) in [4.78, 5) is 25.7. The lowest BCUT2D eigenvalue weighted by Crippen LogP contribution is -2.50. The Balaban J connectivity index is 1.35. The molecule has 0 spiro atoms. The van der Waals surface area contributed by atoms with Gasteiger partial charge in [-0.1, -0.05) is 12.1 Å². The molecule has 1 N–H and O–H groups in total. The molecule has 4 aromatic rings. The summed E-state index contributed by atoms with van der Waals surface area (Å²) in [6.07, 6.45) is 3.31. The zero-order chi connectivity index (χ0) is 25.1. The molecule has 0 atom stereocenters. The maximum absolute atomic E-state index is 13.0. The molecule has 0 unspecified atom stereocenters. The molecule has 36 heavy (non-hydrogen) atoms. The first kappa shape index (κ1) is 23.2. The summed E-state index contributed by atoms with van der Waals surface area (Å²) < 4.78 is 17.7. The van der Waals surface area contributed by atoms with Crippen LogP contribution in [0.3, 0.4) is 0 Å². The van der Waals surface area contributed by atoms with Crippen LogP contribution in [0.1, 0.15) is 0 Å². The maximum Gasteiger partial charge on any atom is 0.322 e. The monoisotopic (exact) mass is 489 g/mol. The number of hydrogen-bond donors (Lipinski definition) is 1. The maximum atomic E-state index is 13.0. The van der Waals surface area contributed by atoms with E-state index >= 15 is 0 Å². The highest BCUT2D eigenvalue weighted by Gasteiger charge is 2.26. The third-order valence-electron chi connectivity index (χ3n) is 6.20. The first-order valence-electron chi connectivity index (χ1n) is 11.5. The predicted molar refractivity (Wildman–Crippen MR) is 135 cm³/mol. The van der Waals surface area contributed by atoms with E-state index in [2.05, 4.69) is 25.3 Å². The molecule has 0 aliphatic carbocycles. The molecule has 0 saturated carbocycles. The molecule has 2 aromatic carbocycles. The topological polar surface area (TPSA) is 106 Å². The van der Waals surface area contributed by atoms with Crippen molar-refractivity contribution in [3.8, 4) is 28.4 Å². The number of fused-ring (bicyclic) bond motifs is 1. The van der Waals surface area contributed by atoms with E-state index in [4.69, 9.17) is 14.2 Å². The summed E-state index contributed by atoms with van der Waals surface area (Å²) in [5.74, 6) is 3.38. The van der Waals surface area contributed by atoms with Gasteiger partial charge in [0.2, 0.25) is 0 Å². The van der Waals surface area contributed by atoms with Crippen LogP contribution < -0.4 is 24.4 Å². The molecule has 3 heterocycles. The van der Waals surface area contributed by atoms with Crippen molar-refractivity contribution >= 4 is 23.3 Å². The SMILES string of the molecule is COc1ccc(-c2cnc3ncnn3c2N2CCN(C(=O)Nc3ccc(OC)cc3OC)CC2)cc1. The molecule has 11 nitrogen and oxygen atoms in total. The van der Waals surface area contributed by atoms with Gasteiger partial charge in [-0.05, 0) is 29.8 Å². The fourth-order valence-corrected chi connectivity index (χ4v) is 4.26. The zero-order valence-corrected chi connectivity index (χ0v) is 20.3. The van der Waals surface area contributed by atoms with Crippen molar-refractivity contribution in [1.82, 2.24) is 24.5 Å². The number of urea groups is 1. The number of amides is 2. The molecule has 2 aromatic heterocycles. The number of ether oxygens (including phenoxy) is 3. The van der Waals surface area contributed by atoms with E-state index in [1.165, 1.54) is 6.33 Å². The summed E-state index contributed by atoms with van der Waals surface area (Å²) in [5, 5.41) is 7.37. The van der Waals surface area contributed by atoms with Gasteiger partial charge in [-0.2, -0.15) is 14.6 Å². The normalized spacial score (nSPS) is 13.5. The highest BCUT2D eigenvalue weighted by molar-refractivity contribution is 5.91. The van der Waals surface area contributed by atoms with E-state index < -0.39 is 0 Å². The Morgan fingerprint density at radius 1 is 0.889 bits per heavy atom. The second kappa shape index (κ2) is 9.98. The fraction of sp³-hybridized carbons (Fsp3) is 0.280. The molecule has 0 bridgehead atoms. The smallest absolute Gasteiger partial charge is 0.322 e. The summed E-state index contributed by atoms with van der Waals surface area (Å²) in [6, 6.07) is 12.9. The predicted octanol–water partition coefficient (Wildman–Crippen LogP) is 3.17. The highest BCUT2D eigenvalue weighted by Crippen LogP contribution is 2.33. The van der Waals surface area contributed by atoms with E-state index in [9.17, 15) is 4.79 Å². The van der Waals surface area contributed by atoms with E-state index in [0.29, 0.717) is 49.1 Å². The van der Waals surface area contributed by atoms with Gasteiger partial charge in [0.05, 0.1) is 27.0 Å². The van der Waals surface area contributed by atoms with Crippen LogP contribution in [-0.4, -0.2) is 78.0 Å². The number of anilines is 2. The molecule has 5 rings (SSSR count). The molecule has 2 amide bonds. The lowest BCUT2D eigenvalue weighted by Gasteiger charge is -2.36. The van der Waals surface area contributed by atoms with Gasteiger partial charge in [0.25, 0.3) is 5.78 Å². The molecule has 1 fully saturated rings. The second-order valence-corrected chi connectivity index (χ2v) is 8.17. The number of methoxy groups -OCH3 is 3. The van der Waals surface area contributed by atoms with Crippen molar-refractivity contribution in [1.29, 1.82) is 0 Å². The van der Waals surface area contributed by atoms with Crippen LogP contribution in [-0.2, 0) is 0 Å². The summed E-state index contributed by atoms with van der Waals surface area (Å²) in [7, 11) is 4.79. The molecular weight excluding hydrogens is 462 g/mol. The quantitative estimate of drug-likeness (QED) is 0.440. The largest absolute Gasteiger partial charge is 0.497 e. The van der Waals surface area contributed by atoms with Crippen LogP contribution >= 0.6 is 0 Å². The first-order valence-corrected chi connectivity index (χ1v) is 11.5. The average Bonchev–Trinajstić information content (AvgIpc) is 3.42. The number of aromatic nitrogens is 4. The number of nitrogens with one attached hydrogen (secondary N) is 1. The third-order valence-corrected chi connectivity index (χ3v) is 6.20. The summed E-state index contributed by atoms with van der Waals surface area (Å²) in [6.45, 7) is 2.31. The number of benzene rings is 2. The van der Waals surface area contributed by atoms with Gasteiger partial charge in [0.1, 0.15) is 29.4 Å². The first-order chi connectivity index (χ1) is 17.6. The van der Waals surface area contributed by atoms with Gasteiger partial charge in [-0.3, -0.25) is 0 Å². The van der Waals surface area contributed by atoms with Gasteiger partial charge in [-0.15, -0.1) is 0 Å². The van der Waals surface area contributed by atoms with Crippen LogP contribution in [0.2, 0.25) is 0 Å². The van der Waals surface area contributed by atoms with Crippen molar-refractivity contribution < 1.29 is 19.0 Å². The van der Waals surface area contributed by atoms with E-state index in [0.717, 1.165) is 22.7 Å². The Labute approximate surface area is 208 Å². The van der Waals surface area contributed by atoms with Crippen molar-refractivity contribution in [2.45, 2.75) is 0 Å². The number of carbonyl (C=O) groups excluding carboxylic acids is 1. The summed E-state index contributed by atoms with van der Waals surface area (Å²) >= 11 is 0. The Morgan fingerprint density at radius 2 is 1.61 bits per heavy atom. The Morgan fingerprint density at radius 3 is 2.31 bits per heavy atom. The zero-order valence-electron chi connectivity index (χ0n) is 20.3. The Hall–Kier alpha value is -4.54. The van der Waals surface area contributed by atoms with E-state index in [-0.39, 0.29) is 6.03 Å². The Bertz CT molecular complexity index is 1360. The van der Waals surface area contributed by atoms with Crippen LogP contribution in [0.5, 0.6) is 17.2 Å². The molecule has 11 heteroatoms. The number of nitrogens with zero attached hydrogens (tertiary/aromatic N) is 6. The lowest BCUT2D eigenvalue weighted by molar-refractivity contribution is 0.208. The molecule has 186 valence electrons. The fourth-order valence-electron chi connectivity index (χ4n) is 4.26. The van der Waals surface area contributed by atoms with Crippen molar-refractivity contribution in [3.05, 3.63) is 55.0 Å². The lowest BCUT2D eigenvalue weighted by atomic mass is 10.1. The van der Waals surface area contributed by atoms with Gasteiger partial charge in [0, 0.05) is 44.0 Å². The van der Waals surface area contributed by atoms with Gasteiger partial charge >= 0.3 is 6.03 Å². The highest BCUT2D eigenvalue weighted by atomic mass is 16.5. The second-order valence-electron chi connectivity index (χ2n) is 8.17. The van der Waals surface area contributed by atoms with Gasteiger partial charge in [-0.25, -0.2) is 9.78 Å². The number of hydrogen-bond acceptors (Lipinski definition) is 8. The average molecular weight is 490 g/mol. The molecule has 1 saturated heterocycles. The Kier molecular flexibility index (Phi) is 6.44. The number of piperazine rings is 1. The van der Waals surface area contributed by atoms with Gasteiger partial charge < -0.3 is 29.3 Å². The third kappa shape index (κ3) is 4.42. The van der Waals surface area contributed by atoms with Crippen LogP contribution in [0, 0.1) is 0 Å². The van der Waals surface area contributed by atoms with Crippen molar-refractivity contribution in [2.24, 2.45) is 0 Å². The van der Waals surface area contributed by atoms with E-state index in [1.54, 1.807) is 48.9 Å². The van der Waals surface area contributed by atoms with Crippen molar-refractivity contribution in [2.75, 3.05) is 57.7 Å². The molecule has 1 aliphatic heterocycles. The number of rotatable bonds is 6. The summed E-state index contributed by atoms with van der Waals surface area (Å²) in [5.41, 5.74) is 2.50.